The highest BCUT2D eigenvalue weighted by Crippen LogP contribution is 2.50. The van der Waals surface area contributed by atoms with Crippen molar-refractivity contribution in [2.24, 2.45) is 23.2 Å². The smallest absolute Gasteiger partial charge is 0.150 e. The number of ketones is 2. The molecule has 0 saturated heterocycles. The van der Waals surface area contributed by atoms with Crippen LogP contribution in [0.4, 0.5) is 0 Å². The zero-order valence-electron chi connectivity index (χ0n) is 17.4. The molecule has 1 aliphatic carbocycles. The van der Waals surface area contributed by atoms with Gasteiger partial charge >= 0.3 is 0 Å². The first-order valence-electron chi connectivity index (χ1n) is 9.62. The molecule has 0 bridgehead atoms. The van der Waals surface area contributed by atoms with Gasteiger partial charge in [0, 0.05) is 17.8 Å². The van der Waals surface area contributed by atoms with E-state index in [4.69, 9.17) is 0 Å². The topological polar surface area (TPSA) is 74.6 Å². The van der Waals surface area contributed by atoms with Crippen LogP contribution in [0.1, 0.15) is 67.7 Å². The van der Waals surface area contributed by atoms with Crippen molar-refractivity contribution in [2.45, 2.75) is 79.9 Å². The zero-order chi connectivity index (χ0) is 20.2. The SMILES string of the molecule is CC(C)=CCC(O)C1(C)C(CC=C(C)C)C(=O)C(C(=O)CC(C)C)C1O. The van der Waals surface area contributed by atoms with E-state index in [1.807, 2.05) is 53.7 Å². The van der Waals surface area contributed by atoms with E-state index in [-0.39, 0.29) is 23.9 Å². The predicted molar refractivity (Wildman–Crippen MR) is 105 cm³/mol. The molecule has 2 N–H and O–H groups in total. The standard InChI is InChI=1S/C22H36O4/c1-13(2)8-10-16-20(25)19(17(23)12-15(5)6)21(26)22(16,7)18(24)11-9-14(3)4/h8-9,15-16,18-19,21,24,26H,10-12H2,1-7H3. The van der Waals surface area contributed by atoms with Gasteiger partial charge in [0.05, 0.1) is 12.2 Å². The molecule has 1 rings (SSSR count). The van der Waals surface area contributed by atoms with E-state index in [0.29, 0.717) is 12.8 Å². The maximum Gasteiger partial charge on any atom is 0.150 e. The third-order valence-corrected chi connectivity index (χ3v) is 5.54. The number of carbonyl (C=O) groups excluding carboxylic acids is 2. The van der Waals surface area contributed by atoms with Crippen molar-refractivity contribution in [3.63, 3.8) is 0 Å². The van der Waals surface area contributed by atoms with Gasteiger partial charge in [0.25, 0.3) is 0 Å². The van der Waals surface area contributed by atoms with Crippen LogP contribution in [0.25, 0.3) is 0 Å². The number of Topliss-reactive ketones (excluding diaryl/α,β-unsaturated/α-hetero) is 2. The van der Waals surface area contributed by atoms with Gasteiger partial charge < -0.3 is 10.2 Å². The average molecular weight is 365 g/mol. The Balaban J connectivity index is 3.27. The summed E-state index contributed by atoms with van der Waals surface area (Å²) < 4.78 is 0. The summed E-state index contributed by atoms with van der Waals surface area (Å²) in [6.07, 6.45) is 2.89. The van der Waals surface area contributed by atoms with Crippen LogP contribution in [-0.2, 0) is 9.59 Å². The molecule has 0 amide bonds. The molecule has 0 aliphatic heterocycles. The third kappa shape index (κ3) is 4.92. The first kappa shape index (κ1) is 22.8. The first-order valence-corrected chi connectivity index (χ1v) is 9.62. The van der Waals surface area contributed by atoms with Gasteiger partial charge in [-0.05, 0) is 46.5 Å². The van der Waals surface area contributed by atoms with Crippen molar-refractivity contribution in [1.82, 2.24) is 0 Å². The fourth-order valence-electron chi connectivity index (χ4n) is 3.86. The minimum atomic E-state index is -1.16. The van der Waals surface area contributed by atoms with Crippen LogP contribution in [0.2, 0.25) is 0 Å². The van der Waals surface area contributed by atoms with Crippen molar-refractivity contribution >= 4 is 11.6 Å². The van der Waals surface area contributed by atoms with Gasteiger partial charge in [-0.3, -0.25) is 9.59 Å². The summed E-state index contributed by atoms with van der Waals surface area (Å²) in [6.45, 7) is 13.4. The van der Waals surface area contributed by atoms with Gasteiger partial charge in [-0.25, -0.2) is 0 Å². The zero-order valence-corrected chi connectivity index (χ0v) is 17.4. The van der Waals surface area contributed by atoms with Crippen molar-refractivity contribution in [3.05, 3.63) is 23.3 Å². The summed E-state index contributed by atoms with van der Waals surface area (Å²) in [5, 5.41) is 21.9. The van der Waals surface area contributed by atoms with Crippen molar-refractivity contribution in [2.75, 3.05) is 0 Å². The van der Waals surface area contributed by atoms with E-state index < -0.39 is 29.5 Å². The van der Waals surface area contributed by atoms with E-state index in [1.165, 1.54) is 0 Å². The number of carbonyl (C=O) groups is 2. The first-order chi connectivity index (χ1) is 11.9. The maximum absolute atomic E-state index is 13.1. The minimum absolute atomic E-state index is 0.126. The van der Waals surface area contributed by atoms with E-state index in [0.717, 1.165) is 11.1 Å². The quantitative estimate of drug-likeness (QED) is 0.507. The molecule has 0 aromatic carbocycles. The molecule has 1 saturated carbocycles. The van der Waals surface area contributed by atoms with Gasteiger partial charge in [-0.2, -0.15) is 0 Å². The van der Waals surface area contributed by atoms with E-state index in [9.17, 15) is 19.8 Å². The number of rotatable bonds is 8. The lowest BCUT2D eigenvalue weighted by Gasteiger charge is -2.38. The molecule has 1 aliphatic rings. The number of hydrogen-bond acceptors (Lipinski definition) is 4. The highest BCUT2D eigenvalue weighted by atomic mass is 16.3. The molecule has 0 heterocycles. The molecule has 148 valence electrons. The van der Waals surface area contributed by atoms with E-state index in [2.05, 4.69) is 0 Å². The highest BCUT2D eigenvalue weighted by molar-refractivity contribution is 6.06. The van der Waals surface area contributed by atoms with E-state index in [1.54, 1.807) is 6.92 Å². The number of allylic oxidation sites excluding steroid dienone is 3. The van der Waals surface area contributed by atoms with Gasteiger partial charge in [-0.1, -0.05) is 44.1 Å². The summed E-state index contributed by atoms with van der Waals surface area (Å²) >= 11 is 0. The van der Waals surface area contributed by atoms with Gasteiger partial charge in [0.2, 0.25) is 0 Å². The molecular weight excluding hydrogens is 328 g/mol. The van der Waals surface area contributed by atoms with Crippen LogP contribution in [0.3, 0.4) is 0 Å². The molecule has 26 heavy (non-hydrogen) atoms. The average Bonchev–Trinajstić information content (AvgIpc) is 2.69. The molecule has 0 aromatic heterocycles. The summed E-state index contributed by atoms with van der Waals surface area (Å²) in [5.41, 5.74) is 1.11. The third-order valence-electron chi connectivity index (χ3n) is 5.54. The minimum Gasteiger partial charge on any atom is -0.392 e. The summed E-state index contributed by atoms with van der Waals surface area (Å²) in [7, 11) is 0. The lowest BCUT2D eigenvalue weighted by molar-refractivity contribution is -0.135. The molecule has 0 aromatic rings. The van der Waals surface area contributed by atoms with Gasteiger partial charge in [-0.15, -0.1) is 0 Å². The number of hydrogen-bond donors (Lipinski definition) is 2. The van der Waals surface area contributed by atoms with Crippen LogP contribution in [0, 0.1) is 23.2 Å². The maximum atomic E-state index is 13.1. The molecular formula is C22H36O4. The largest absolute Gasteiger partial charge is 0.392 e. The van der Waals surface area contributed by atoms with Crippen molar-refractivity contribution in [3.8, 4) is 0 Å². The number of aliphatic hydroxyl groups excluding tert-OH is 2. The molecule has 5 atom stereocenters. The monoisotopic (exact) mass is 364 g/mol. The van der Waals surface area contributed by atoms with Crippen LogP contribution in [0.5, 0.6) is 0 Å². The molecule has 0 spiro atoms. The number of aliphatic hydroxyl groups is 2. The van der Waals surface area contributed by atoms with E-state index >= 15 is 0 Å². The summed E-state index contributed by atoms with van der Waals surface area (Å²) in [6, 6.07) is 0. The lowest BCUT2D eigenvalue weighted by atomic mass is 9.70. The Bertz CT molecular complexity index is 579. The highest BCUT2D eigenvalue weighted by Gasteiger charge is 2.61. The molecule has 4 heteroatoms. The lowest BCUT2D eigenvalue weighted by Crippen LogP contribution is -2.45. The fourth-order valence-corrected chi connectivity index (χ4v) is 3.86. The summed E-state index contributed by atoms with van der Waals surface area (Å²) in [4.78, 5) is 25.7. The second-order valence-corrected chi connectivity index (χ2v) is 8.86. The summed E-state index contributed by atoms with van der Waals surface area (Å²) in [5.74, 6) is -1.90. The second-order valence-electron chi connectivity index (χ2n) is 8.86. The molecule has 4 nitrogen and oxygen atoms in total. The van der Waals surface area contributed by atoms with Crippen LogP contribution in [0.15, 0.2) is 23.3 Å². The van der Waals surface area contributed by atoms with Gasteiger partial charge in [0.1, 0.15) is 17.5 Å². The Morgan fingerprint density at radius 2 is 1.69 bits per heavy atom. The van der Waals surface area contributed by atoms with Gasteiger partial charge in [0.15, 0.2) is 0 Å². The predicted octanol–water partition coefficient (Wildman–Crippen LogP) is 3.86. The fraction of sp³-hybridized carbons (Fsp3) is 0.727. The Kier molecular flexibility index (Phi) is 7.97. The Hall–Kier alpha value is -1.26. The second kappa shape index (κ2) is 9.09. The Morgan fingerprint density at radius 1 is 1.15 bits per heavy atom. The van der Waals surface area contributed by atoms with Crippen LogP contribution >= 0.6 is 0 Å². The van der Waals surface area contributed by atoms with Crippen LogP contribution in [-0.4, -0.2) is 34.0 Å². The molecule has 5 unspecified atom stereocenters. The molecule has 1 fully saturated rings. The van der Waals surface area contributed by atoms with Crippen molar-refractivity contribution < 1.29 is 19.8 Å². The normalized spacial score (nSPS) is 29.6. The van der Waals surface area contributed by atoms with Crippen LogP contribution < -0.4 is 0 Å². The van der Waals surface area contributed by atoms with Crippen molar-refractivity contribution in [1.29, 1.82) is 0 Å². The Labute approximate surface area is 158 Å². The molecule has 0 radical (unpaired) electrons. The Morgan fingerprint density at radius 3 is 2.15 bits per heavy atom.